The first kappa shape index (κ1) is 20.6. The van der Waals surface area contributed by atoms with Gasteiger partial charge in [0.2, 0.25) is 11.9 Å². The summed E-state index contributed by atoms with van der Waals surface area (Å²) >= 11 is 13.0. The fraction of sp³-hybridized carbons (Fsp3) is 0.263. The summed E-state index contributed by atoms with van der Waals surface area (Å²) in [6.45, 7) is 0.785. The molecule has 1 aliphatic carbocycles. The Morgan fingerprint density at radius 1 is 1.14 bits per heavy atom. The summed E-state index contributed by atoms with van der Waals surface area (Å²) in [5.41, 5.74) is 7.89. The molecule has 4 rings (SSSR count). The number of H-pyrrole nitrogens is 1. The molecule has 9 heteroatoms. The lowest BCUT2D eigenvalue weighted by molar-refractivity contribution is 0.180. The molecule has 1 aliphatic rings. The van der Waals surface area contributed by atoms with Crippen molar-refractivity contribution in [1.29, 1.82) is 0 Å². The second kappa shape index (κ2) is 8.90. The van der Waals surface area contributed by atoms with E-state index in [1.54, 1.807) is 12.1 Å². The van der Waals surface area contributed by atoms with Crippen LogP contribution < -0.4 is 15.8 Å². The summed E-state index contributed by atoms with van der Waals surface area (Å²) in [5.74, 6) is 2.14. The number of nitrogens with two attached hydrogens (primary N) is 1. The lowest BCUT2D eigenvalue weighted by Gasteiger charge is -2.25. The molecule has 6 nitrogen and oxygen atoms in total. The van der Waals surface area contributed by atoms with Crippen LogP contribution in [0.4, 0.5) is 17.6 Å². The van der Waals surface area contributed by atoms with Crippen LogP contribution in [0.5, 0.6) is 5.75 Å². The first-order valence-corrected chi connectivity index (χ1v) is 9.51. The molecule has 0 saturated heterocycles. The molecule has 4 N–H and O–H groups in total. The number of nitrogens with one attached hydrogen (secondary N) is 2. The van der Waals surface area contributed by atoms with Gasteiger partial charge < -0.3 is 15.8 Å². The first-order chi connectivity index (χ1) is 13.1. The number of anilines is 3. The molecule has 0 bridgehead atoms. The minimum atomic E-state index is 0. The van der Waals surface area contributed by atoms with Crippen LogP contribution in [0.3, 0.4) is 0 Å². The third-order valence-corrected chi connectivity index (χ3v) is 5.25. The van der Waals surface area contributed by atoms with Gasteiger partial charge in [0.05, 0.1) is 16.7 Å². The van der Waals surface area contributed by atoms with Gasteiger partial charge >= 0.3 is 0 Å². The van der Waals surface area contributed by atoms with Crippen molar-refractivity contribution in [2.24, 2.45) is 5.92 Å². The lowest BCUT2D eigenvalue weighted by atomic mass is 9.86. The predicted octanol–water partition coefficient (Wildman–Crippen LogP) is 5.71. The molecule has 3 aromatic rings. The SMILES string of the molecule is Cl.Nc1nc(Nc2cc(Cl)c(-c3ccc(OCC4CCC4)cc3)c(Cl)c2)n[nH]1. The van der Waals surface area contributed by atoms with Crippen molar-refractivity contribution in [3.63, 3.8) is 0 Å². The predicted molar refractivity (Wildman–Crippen MR) is 116 cm³/mol. The zero-order valence-corrected chi connectivity index (χ0v) is 17.2. The van der Waals surface area contributed by atoms with Gasteiger partial charge in [-0.3, -0.25) is 0 Å². The first-order valence-electron chi connectivity index (χ1n) is 8.75. The number of hydrogen-bond donors (Lipinski definition) is 3. The van der Waals surface area contributed by atoms with E-state index >= 15 is 0 Å². The largest absolute Gasteiger partial charge is 0.493 e. The Kier molecular flexibility index (Phi) is 6.54. The van der Waals surface area contributed by atoms with Crippen LogP contribution in [0.2, 0.25) is 10.0 Å². The minimum Gasteiger partial charge on any atom is -0.493 e. The van der Waals surface area contributed by atoms with Crippen molar-refractivity contribution in [2.75, 3.05) is 17.7 Å². The van der Waals surface area contributed by atoms with Crippen LogP contribution >= 0.6 is 35.6 Å². The number of benzene rings is 2. The summed E-state index contributed by atoms with van der Waals surface area (Å²) in [5, 5.41) is 10.5. The standard InChI is InChI=1S/C19H19Cl2N5O.ClH/c20-15-8-13(23-19-24-18(22)25-26-19)9-16(21)17(15)12-4-6-14(7-5-12)27-10-11-2-1-3-11;/h4-9,11H,1-3,10H2,(H4,22,23,24,25,26);1H. The quantitative estimate of drug-likeness (QED) is 0.457. The summed E-state index contributed by atoms with van der Waals surface area (Å²) in [6.07, 6.45) is 3.85. The zero-order valence-electron chi connectivity index (χ0n) is 14.9. The van der Waals surface area contributed by atoms with Crippen LogP contribution in [0, 0.1) is 5.92 Å². The van der Waals surface area contributed by atoms with E-state index in [-0.39, 0.29) is 18.4 Å². The fourth-order valence-electron chi connectivity index (χ4n) is 2.97. The molecule has 28 heavy (non-hydrogen) atoms. The molecule has 148 valence electrons. The summed E-state index contributed by atoms with van der Waals surface area (Å²) < 4.78 is 5.85. The normalized spacial score (nSPS) is 13.5. The third kappa shape index (κ3) is 4.63. The molecule has 1 fully saturated rings. The van der Waals surface area contributed by atoms with Gasteiger partial charge in [-0.2, -0.15) is 4.98 Å². The van der Waals surface area contributed by atoms with Crippen molar-refractivity contribution in [2.45, 2.75) is 19.3 Å². The van der Waals surface area contributed by atoms with Crippen LogP contribution in [-0.2, 0) is 0 Å². The number of aromatic nitrogens is 3. The highest BCUT2D eigenvalue weighted by atomic mass is 35.5. The van der Waals surface area contributed by atoms with E-state index in [0.717, 1.165) is 23.5 Å². The average molecular weight is 441 g/mol. The van der Waals surface area contributed by atoms with Gasteiger partial charge in [0.15, 0.2) is 0 Å². The van der Waals surface area contributed by atoms with Crippen molar-refractivity contribution in [1.82, 2.24) is 15.2 Å². The van der Waals surface area contributed by atoms with Crippen LogP contribution in [0.25, 0.3) is 11.1 Å². The van der Waals surface area contributed by atoms with Crippen molar-refractivity contribution < 1.29 is 4.74 Å². The van der Waals surface area contributed by atoms with Crippen molar-refractivity contribution in [3.05, 3.63) is 46.4 Å². The zero-order chi connectivity index (χ0) is 18.8. The number of rotatable bonds is 6. The van der Waals surface area contributed by atoms with Crippen molar-refractivity contribution >= 4 is 53.2 Å². The molecule has 0 radical (unpaired) electrons. The van der Waals surface area contributed by atoms with E-state index in [4.69, 9.17) is 33.7 Å². The van der Waals surface area contributed by atoms with Crippen molar-refractivity contribution in [3.8, 4) is 16.9 Å². The molecule has 0 unspecified atom stereocenters. The molecule has 1 saturated carbocycles. The lowest BCUT2D eigenvalue weighted by Crippen LogP contribution is -2.19. The van der Waals surface area contributed by atoms with Gasteiger partial charge in [-0.25, -0.2) is 5.10 Å². The van der Waals surface area contributed by atoms with Crippen LogP contribution in [0.15, 0.2) is 36.4 Å². The fourth-order valence-corrected chi connectivity index (χ4v) is 3.68. The Hall–Kier alpha value is -2.15. The molecule has 0 aliphatic heterocycles. The van der Waals surface area contributed by atoms with Gasteiger partial charge in [0.25, 0.3) is 0 Å². The second-order valence-electron chi connectivity index (χ2n) is 6.62. The number of nitrogen functional groups attached to an aromatic ring is 1. The van der Waals surface area contributed by atoms with E-state index in [0.29, 0.717) is 27.6 Å². The van der Waals surface area contributed by atoms with Gasteiger partial charge in [0.1, 0.15) is 5.75 Å². The van der Waals surface area contributed by atoms with Gasteiger partial charge in [-0.05, 0) is 48.6 Å². The Morgan fingerprint density at radius 3 is 2.36 bits per heavy atom. The topological polar surface area (TPSA) is 88.8 Å². The molecule has 2 aromatic carbocycles. The summed E-state index contributed by atoms with van der Waals surface area (Å²) in [4.78, 5) is 4.00. The molecule has 0 atom stereocenters. The number of aromatic amines is 1. The Balaban J connectivity index is 0.00000225. The van der Waals surface area contributed by atoms with E-state index in [1.807, 2.05) is 24.3 Å². The average Bonchev–Trinajstić information content (AvgIpc) is 2.99. The van der Waals surface area contributed by atoms with Gasteiger partial charge in [-0.1, -0.05) is 41.8 Å². The minimum absolute atomic E-state index is 0. The number of ether oxygens (including phenoxy) is 1. The van der Waals surface area contributed by atoms with Gasteiger partial charge in [-0.15, -0.1) is 17.5 Å². The monoisotopic (exact) mass is 439 g/mol. The molecular formula is C19H20Cl3N5O. The molecule has 1 heterocycles. The summed E-state index contributed by atoms with van der Waals surface area (Å²) in [7, 11) is 0. The smallest absolute Gasteiger partial charge is 0.248 e. The maximum absolute atomic E-state index is 6.48. The van der Waals surface area contributed by atoms with Gasteiger partial charge in [0, 0.05) is 11.3 Å². The highest BCUT2D eigenvalue weighted by molar-refractivity contribution is 6.39. The highest BCUT2D eigenvalue weighted by Crippen LogP contribution is 2.38. The van der Waals surface area contributed by atoms with E-state index in [1.165, 1.54) is 19.3 Å². The van der Waals surface area contributed by atoms with Crippen LogP contribution in [-0.4, -0.2) is 21.8 Å². The van der Waals surface area contributed by atoms with E-state index < -0.39 is 0 Å². The number of nitrogens with zero attached hydrogens (tertiary/aromatic N) is 2. The molecule has 0 spiro atoms. The third-order valence-electron chi connectivity index (χ3n) is 4.65. The van der Waals surface area contributed by atoms with E-state index in [9.17, 15) is 0 Å². The summed E-state index contributed by atoms with van der Waals surface area (Å²) in [6, 6.07) is 11.4. The van der Waals surface area contributed by atoms with Crippen LogP contribution in [0.1, 0.15) is 19.3 Å². The Morgan fingerprint density at radius 2 is 1.82 bits per heavy atom. The maximum atomic E-state index is 6.48. The Bertz CT molecular complexity index is 918. The second-order valence-corrected chi connectivity index (χ2v) is 7.43. The number of hydrogen-bond acceptors (Lipinski definition) is 5. The number of halogens is 3. The molecule has 0 amide bonds. The highest BCUT2D eigenvalue weighted by Gasteiger charge is 2.18. The molecular weight excluding hydrogens is 421 g/mol. The Labute approximate surface area is 179 Å². The maximum Gasteiger partial charge on any atom is 0.248 e. The van der Waals surface area contributed by atoms with E-state index in [2.05, 4.69) is 20.5 Å². The molecule has 1 aromatic heterocycles.